The van der Waals surface area contributed by atoms with Gasteiger partial charge in [-0.25, -0.2) is 14.6 Å². The fourth-order valence-corrected chi connectivity index (χ4v) is 7.10. The minimum Gasteiger partial charge on any atom is -0.490 e. The van der Waals surface area contributed by atoms with Gasteiger partial charge in [-0.2, -0.15) is 0 Å². The molecule has 0 fully saturated rings. The second-order valence-corrected chi connectivity index (χ2v) is 12.9. The van der Waals surface area contributed by atoms with E-state index in [0.717, 1.165) is 21.9 Å². The van der Waals surface area contributed by atoms with Gasteiger partial charge in [0.05, 0.1) is 42.2 Å². The highest BCUT2D eigenvalue weighted by molar-refractivity contribution is 7.07. The summed E-state index contributed by atoms with van der Waals surface area (Å²) in [4.78, 5) is 45.0. The molecule has 1 atom stereocenters. The number of carbonyl (C=O) groups excluding carboxylic acids is 2. The second kappa shape index (κ2) is 15.7. The van der Waals surface area contributed by atoms with E-state index in [1.54, 1.807) is 38.1 Å². The molecule has 5 aromatic rings. The van der Waals surface area contributed by atoms with Gasteiger partial charge < -0.3 is 23.7 Å². The first-order valence-corrected chi connectivity index (χ1v) is 17.5. The zero-order chi connectivity index (χ0) is 36.1. The van der Waals surface area contributed by atoms with Crippen LogP contribution in [0.15, 0.2) is 99.9 Å². The summed E-state index contributed by atoms with van der Waals surface area (Å²) >= 11 is 7.43. The van der Waals surface area contributed by atoms with Crippen LogP contribution in [0.4, 0.5) is 0 Å². The van der Waals surface area contributed by atoms with E-state index in [1.165, 1.54) is 23.0 Å². The smallest absolute Gasteiger partial charge is 0.343 e. The second-order valence-electron chi connectivity index (χ2n) is 11.4. The number of halogens is 1. The molecule has 0 saturated heterocycles. The summed E-state index contributed by atoms with van der Waals surface area (Å²) in [5, 5.41) is 2.48. The molecule has 0 radical (unpaired) electrons. The first-order valence-electron chi connectivity index (χ1n) is 16.3. The highest BCUT2D eigenvalue weighted by Crippen LogP contribution is 2.37. The van der Waals surface area contributed by atoms with Crippen LogP contribution in [0.2, 0.25) is 5.02 Å². The predicted molar refractivity (Wildman–Crippen MR) is 195 cm³/mol. The van der Waals surface area contributed by atoms with E-state index in [1.807, 2.05) is 67.6 Å². The van der Waals surface area contributed by atoms with Crippen molar-refractivity contribution in [2.75, 3.05) is 26.9 Å². The number of hydrogen-bond acceptors (Lipinski definition) is 10. The number of methoxy groups -OCH3 is 1. The number of thiazole rings is 1. The molecular formula is C39H35ClN2O8S. The lowest BCUT2D eigenvalue weighted by Crippen LogP contribution is -2.40. The molecule has 1 aliphatic rings. The molecule has 262 valence electrons. The number of ether oxygens (including phenoxy) is 5. The average Bonchev–Trinajstić information content (AvgIpc) is 3.43. The minimum absolute atomic E-state index is 0.135. The van der Waals surface area contributed by atoms with E-state index in [4.69, 9.17) is 40.3 Å². The molecule has 51 heavy (non-hydrogen) atoms. The normalized spacial score (nSPS) is 14.1. The molecule has 12 heteroatoms. The van der Waals surface area contributed by atoms with Crippen molar-refractivity contribution < 1.29 is 33.3 Å². The van der Waals surface area contributed by atoms with Gasteiger partial charge in [0, 0.05) is 10.6 Å². The first-order chi connectivity index (χ1) is 24.7. The van der Waals surface area contributed by atoms with Crippen LogP contribution >= 0.6 is 22.9 Å². The van der Waals surface area contributed by atoms with Gasteiger partial charge in [-0.05, 0) is 79.1 Å². The topological polar surface area (TPSA) is 115 Å². The van der Waals surface area contributed by atoms with Gasteiger partial charge >= 0.3 is 11.9 Å². The zero-order valence-electron chi connectivity index (χ0n) is 28.4. The van der Waals surface area contributed by atoms with Crippen LogP contribution in [0.25, 0.3) is 16.8 Å². The van der Waals surface area contributed by atoms with E-state index in [-0.39, 0.29) is 31.0 Å². The fraction of sp³-hybridized carbons (Fsp3) is 0.231. The molecule has 6 rings (SSSR count). The van der Waals surface area contributed by atoms with Gasteiger partial charge in [0.25, 0.3) is 5.56 Å². The molecule has 1 aromatic heterocycles. The van der Waals surface area contributed by atoms with E-state index in [9.17, 15) is 14.4 Å². The Labute approximate surface area is 302 Å². The molecular weight excluding hydrogens is 692 g/mol. The third-order valence-corrected chi connectivity index (χ3v) is 9.38. The van der Waals surface area contributed by atoms with Crippen molar-refractivity contribution in [2.24, 2.45) is 4.99 Å². The summed E-state index contributed by atoms with van der Waals surface area (Å²) in [6, 6.07) is 23.3. The molecule has 0 aliphatic carbocycles. The number of allylic oxidation sites excluding steroid dienone is 1. The number of rotatable bonds is 12. The summed E-state index contributed by atoms with van der Waals surface area (Å²) < 4.78 is 30.0. The summed E-state index contributed by atoms with van der Waals surface area (Å²) in [6.45, 7) is 5.63. The molecule has 4 aromatic carbocycles. The van der Waals surface area contributed by atoms with Crippen molar-refractivity contribution in [2.45, 2.75) is 33.4 Å². The summed E-state index contributed by atoms with van der Waals surface area (Å²) in [7, 11) is 1.27. The molecule has 1 aliphatic heterocycles. The Morgan fingerprint density at radius 3 is 2.49 bits per heavy atom. The maximum Gasteiger partial charge on any atom is 0.343 e. The Morgan fingerprint density at radius 1 is 0.922 bits per heavy atom. The molecule has 0 saturated carbocycles. The van der Waals surface area contributed by atoms with Crippen LogP contribution in [0.1, 0.15) is 43.5 Å². The van der Waals surface area contributed by atoms with E-state index < -0.39 is 18.0 Å². The average molecular weight is 727 g/mol. The lowest BCUT2D eigenvalue weighted by molar-refractivity contribution is -0.143. The quantitative estimate of drug-likeness (QED) is 0.141. The highest BCUT2D eigenvalue weighted by Gasteiger charge is 2.34. The summed E-state index contributed by atoms with van der Waals surface area (Å²) in [6.07, 6.45) is 1.81. The van der Waals surface area contributed by atoms with Crippen LogP contribution < -0.4 is 29.1 Å². The lowest BCUT2D eigenvalue weighted by atomic mass is 9.95. The number of fused-ring (bicyclic) bond motifs is 2. The Hall–Kier alpha value is -5.39. The molecule has 0 bridgehead atoms. The lowest BCUT2D eigenvalue weighted by Gasteiger charge is -2.25. The van der Waals surface area contributed by atoms with Gasteiger partial charge in [0.2, 0.25) is 0 Å². The van der Waals surface area contributed by atoms with E-state index in [2.05, 4.69) is 0 Å². The monoisotopic (exact) mass is 726 g/mol. The van der Waals surface area contributed by atoms with Crippen molar-refractivity contribution >= 4 is 51.7 Å². The van der Waals surface area contributed by atoms with Crippen molar-refractivity contribution in [1.82, 2.24) is 4.57 Å². The molecule has 0 unspecified atom stereocenters. The van der Waals surface area contributed by atoms with Gasteiger partial charge in [0.15, 0.2) is 22.9 Å². The van der Waals surface area contributed by atoms with Gasteiger partial charge in [0.1, 0.15) is 12.4 Å². The third-order valence-electron chi connectivity index (χ3n) is 8.16. The van der Waals surface area contributed by atoms with E-state index >= 15 is 0 Å². The Morgan fingerprint density at radius 2 is 1.73 bits per heavy atom. The number of esters is 2. The number of carbonyl (C=O) groups is 2. The van der Waals surface area contributed by atoms with Gasteiger partial charge in [-0.15, -0.1) is 0 Å². The van der Waals surface area contributed by atoms with Gasteiger partial charge in [-0.1, -0.05) is 71.5 Å². The van der Waals surface area contributed by atoms with Gasteiger partial charge in [-0.3, -0.25) is 9.36 Å². The number of nitrogens with zero attached hydrogens (tertiary/aromatic N) is 2. The third kappa shape index (κ3) is 7.54. The maximum absolute atomic E-state index is 14.5. The van der Waals surface area contributed by atoms with Crippen LogP contribution in [0.5, 0.6) is 17.2 Å². The maximum atomic E-state index is 14.5. The van der Waals surface area contributed by atoms with Crippen LogP contribution in [0, 0.1) is 0 Å². The van der Waals surface area contributed by atoms with Crippen molar-refractivity contribution in [3.63, 3.8) is 0 Å². The fourth-order valence-electron chi connectivity index (χ4n) is 5.85. The Bertz CT molecular complexity index is 2350. The molecule has 0 amide bonds. The van der Waals surface area contributed by atoms with Crippen molar-refractivity contribution in [3.8, 4) is 17.2 Å². The number of benzene rings is 4. The molecule has 0 N–H and O–H groups in total. The zero-order valence-corrected chi connectivity index (χ0v) is 30.0. The first kappa shape index (κ1) is 35.4. The van der Waals surface area contributed by atoms with E-state index in [0.29, 0.717) is 49.5 Å². The Kier molecular flexibility index (Phi) is 10.9. The largest absolute Gasteiger partial charge is 0.490 e. The highest BCUT2D eigenvalue weighted by atomic mass is 35.5. The van der Waals surface area contributed by atoms with Crippen molar-refractivity contribution in [1.29, 1.82) is 0 Å². The van der Waals surface area contributed by atoms with Crippen LogP contribution in [-0.2, 0) is 25.7 Å². The number of aromatic nitrogens is 1. The predicted octanol–water partition coefficient (Wildman–Crippen LogP) is 6.13. The molecule has 10 nitrogen and oxygen atoms in total. The van der Waals surface area contributed by atoms with Crippen molar-refractivity contribution in [3.05, 3.63) is 132 Å². The summed E-state index contributed by atoms with van der Waals surface area (Å²) in [5.74, 6) is 0.0753. The number of hydrogen-bond donors (Lipinski definition) is 0. The van der Waals surface area contributed by atoms with Crippen LogP contribution in [0.3, 0.4) is 0 Å². The standard InChI is InChI=1S/C39H35ClN2O8S/c1-5-47-32-19-26(15-17-31(32)50-22-34(43)46-4)36-35(38(45)48-6-2)23(3)41-39-42(36)37(44)33(51-39)20-29-28-13-8-7-11-25(28)14-16-30(29)49-21-24-10-9-12-27(40)18-24/h7-20,36H,5-6,21-22H2,1-4H3/b33-20+/t36-/m0/s1. The Balaban J connectivity index is 1.51. The molecule has 0 spiro atoms. The summed E-state index contributed by atoms with van der Waals surface area (Å²) in [5.41, 5.74) is 2.48. The minimum atomic E-state index is -0.901. The molecule has 2 heterocycles. The van der Waals surface area contributed by atoms with Crippen LogP contribution in [-0.4, -0.2) is 43.4 Å². The SMILES string of the molecule is CCOC(=O)C1=C(C)N=c2s/c(=C/c3c(OCc4cccc(Cl)c4)ccc4ccccc34)c(=O)n2[C@H]1c1ccc(OCC(=O)OC)c(OCC)c1.